The molecular formula is C32H40Cl2N2O2Ru. The van der Waals surface area contributed by atoms with Gasteiger partial charge in [0.15, 0.2) is 0 Å². The van der Waals surface area contributed by atoms with E-state index in [4.69, 9.17) is 19.4 Å². The van der Waals surface area contributed by atoms with Crippen LogP contribution >= 0.6 is 19.4 Å². The molecule has 1 fully saturated rings. The Bertz CT molecular complexity index is 1260. The second kappa shape index (κ2) is 13.9. The van der Waals surface area contributed by atoms with Gasteiger partial charge in [0.25, 0.3) is 0 Å². The summed E-state index contributed by atoms with van der Waals surface area (Å²) in [4.78, 5) is 15.9. The molecule has 0 aliphatic carbocycles. The Kier molecular flexibility index (Phi) is 11.2. The topological polar surface area (TPSA) is 36.4 Å². The van der Waals surface area contributed by atoms with Crippen molar-refractivity contribution in [3.05, 3.63) is 94.1 Å². The monoisotopic (exact) mass is 656 g/mol. The number of para-hydroxylation sites is 1. The quantitative estimate of drug-likeness (QED) is 0.154. The van der Waals surface area contributed by atoms with Gasteiger partial charge in [0.1, 0.15) is 0 Å². The first-order chi connectivity index (χ1) is 18.4. The predicted octanol–water partition coefficient (Wildman–Crippen LogP) is 7.96. The molecule has 3 aromatic carbocycles. The zero-order valence-corrected chi connectivity index (χ0v) is 27.4. The molecule has 0 bridgehead atoms. The third-order valence-electron chi connectivity index (χ3n) is 6.75. The Morgan fingerprint density at radius 2 is 1.31 bits per heavy atom. The molecule has 1 N–H and O–H groups in total. The molecule has 1 saturated heterocycles. The van der Waals surface area contributed by atoms with Crippen LogP contribution in [0.1, 0.15) is 52.8 Å². The first-order valence-electron chi connectivity index (χ1n) is 13.0. The molecular weight excluding hydrogens is 616 g/mol. The molecule has 1 aliphatic heterocycles. The summed E-state index contributed by atoms with van der Waals surface area (Å²) in [5.41, 5.74) is 11.7. The number of aryl methyl sites for hydroxylation is 6. The number of aromatic hydroxyl groups is 1. The number of hydrogen-bond acceptors (Lipinski definition) is 3. The third-order valence-corrected chi connectivity index (χ3v) is 8.58. The van der Waals surface area contributed by atoms with Crippen molar-refractivity contribution in [2.24, 2.45) is 0 Å². The summed E-state index contributed by atoms with van der Waals surface area (Å²) in [6, 6.07) is 16.6. The molecule has 3 aromatic rings. The molecule has 0 aromatic heterocycles. The van der Waals surface area contributed by atoms with Gasteiger partial charge in [0.2, 0.25) is 0 Å². The van der Waals surface area contributed by atoms with E-state index in [0.29, 0.717) is 0 Å². The van der Waals surface area contributed by atoms with E-state index < -0.39 is 13.5 Å². The first kappa shape index (κ1) is 31.3. The molecule has 212 valence electrons. The van der Waals surface area contributed by atoms with Crippen molar-refractivity contribution in [2.75, 3.05) is 22.9 Å². The molecule has 1 heterocycles. The summed E-state index contributed by atoms with van der Waals surface area (Å²) in [5, 5.41) is 0. The molecule has 1 atom stereocenters. The summed E-state index contributed by atoms with van der Waals surface area (Å²) in [5.74, 6) is 0.811. The normalized spacial score (nSPS) is 13.9. The average molecular weight is 657 g/mol. The van der Waals surface area contributed by atoms with Crippen molar-refractivity contribution in [1.82, 2.24) is 0 Å². The van der Waals surface area contributed by atoms with Crippen LogP contribution in [0.25, 0.3) is 0 Å². The minimum absolute atomic E-state index is 0.0423. The maximum Gasteiger partial charge on any atom is 0.0146 e. The number of Topliss-reactive ketones (excluding diaryl/α,β-unsaturated/α-hetero) is 1. The maximum atomic E-state index is 11.1. The van der Waals surface area contributed by atoms with Gasteiger partial charge in [-0.25, -0.2) is 0 Å². The summed E-state index contributed by atoms with van der Waals surface area (Å²) >= 11 is -1.86. The van der Waals surface area contributed by atoms with Crippen molar-refractivity contribution in [3.8, 4) is 5.75 Å². The summed E-state index contributed by atoms with van der Waals surface area (Å²) in [7, 11) is 11.7. The number of ether oxygens (including phenoxy) is 1. The number of nitrogens with zero attached hydrogens (tertiary/aromatic N) is 2. The fourth-order valence-corrected chi connectivity index (χ4v) is 6.98. The van der Waals surface area contributed by atoms with Gasteiger partial charge in [-0.15, -0.1) is 0 Å². The molecule has 0 saturated carbocycles. The molecule has 7 heteroatoms. The largest absolute Gasteiger partial charge is 0.502 e. The van der Waals surface area contributed by atoms with Crippen LogP contribution in [0.5, 0.6) is 5.75 Å². The SMILES string of the molecule is CC(=O)C(C)[OH+]c1ccccc1[CH]=[Ru]([Cl])[Cl].Cc1cc(C)c(N2[CH-]N(c3c(C)cc(C)cc3C)CC2)c(C)c1. The standard InChI is InChI=1S/C21H27N2.C11H12O2.2ClH.Ru/c1-14-9-16(3)20(17(4)10-14)22-7-8-23(13-22)21-18(5)11-15(2)12-19(21)6;1-8-6-4-5-7-11(8)13-10(3)9(2)12;;;/h9-13H,7-8H2,1-6H3;1,4-7,10H,2-3H3;2*1H;/q-1;;;;+2/p-1. The third kappa shape index (κ3) is 8.40. The van der Waals surface area contributed by atoms with Crippen molar-refractivity contribution in [2.45, 2.75) is 61.5 Å². The van der Waals surface area contributed by atoms with E-state index in [1.807, 2.05) is 28.9 Å². The van der Waals surface area contributed by atoms with Crippen LogP contribution < -0.4 is 9.80 Å². The van der Waals surface area contributed by atoms with Gasteiger partial charge in [0.05, 0.1) is 0 Å². The van der Waals surface area contributed by atoms with Gasteiger partial charge in [-0.2, -0.15) is 6.67 Å². The number of benzene rings is 3. The molecule has 39 heavy (non-hydrogen) atoms. The number of anilines is 2. The van der Waals surface area contributed by atoms with Crippen LogP contribution in [0.15, 0.2) is 48.5 Å². The fraction of sp³-hybridized carbons (Fsp3) is 0.344. The summed E-state index contributed by atoms with van der Waals surface area (Å²) in [6.07, 6.45) is -0.333. The van der Waals surface area contributed by atoms with Crippen LogP contribution in [0.2, 0.25) is 0 Å². The van der Waals surface area contributed by atoms with Crippen molar-refractivity contribution in [1.29, 1.82) is 0 Å². The number of carbonyl (C=O) groups is 1. The Morgan fingerprint density at radius 3 is 1.72 bits per heavy atom. The molecule has 1 aliphatic rings. The van der Waals surface area contributed by atoms with Gasteiger partial charge in [-0.3, -0.25) is 0 Å². The average Bonchev–Trinajstić information content (AvgIpc) is 3.28. The fourth-order valence-electron chi connectivity index (χ4n) is 5.16. The summed E-state index contributed by atoms with van der Waals surface area (Å²) < 4.78 is 6.17. The maximum absolute atomic E-state index is 11.1. The molecule has 0 radical (unpaired) electrons. The van der Waals surface area contributed by atoms with Gasteiger partial charge in [-0.05, 0) is 63.8 Å². The number of aliphatic hydroxyl groups is 1. The van der Waals surface area contributed by atoms with Crippen LogP contribution in [0, 0.1) is 48.2 Å². The molecule has 1 unspecified atom stereocenters. The Morgan fingerprint density at radius 1 is 0.872 bits per heavy atom. The summed E-state index contributed by atoms with van der Waals surface area (Å²) in [6.45, 7) is 20.9. The van der Waals surface area contributed by atoms with Gasteiger partial charge >= 0.3 is 108 Å². The minimum Gasteiger partial charge on any atom is -0.502 e. The molecule has 4 rings (SSSR count). The number of ketones is 1. The molecule has 0 amide bonds. The van der Waals surface area contributed by atoms with Crippen LogP contribution in [0.3, 0.4) is 0 Å². The van der Waals surface area contributed by atoms with Crippen LogP contribution in [-0.2, 0) is 18.3 Å². The van der Waals surface area contributed by atoms with E-state index in [1.165, 1.54) is 51.7 Å². The Hall–Kier alpha value is -2.20. The smallest absolute Gasteiger partial charge is 0.0146 e. The Labute approximate surface area is 247 Å². The number of halogens is 2. The van der Waals surface area contributed by atoms with Crippen molar-refractivity contribution >= 4 is 41.1 Å². The molecule has 4 nitrogen and oxygen atoms in total. The van der Waals surface area contributed by atoms with E-state index in [9.17, 15) is 4.79 Å². The van der Waals surface area contributed by atoms with E-state index in [-0.39, 0.29) is 11.9 Å². The van der Waals surface area contributed by atoms with Gasteiger partial charge in [-0.1, -0.05) is 35.4 Å². The molecule has 0 spiro atoms. The van der Waals surface area contributed by atoms with Crippen LogP contribution in [-0.4, -0.2) is 34.3 Å². The predicted molar refractivity (Wildman–Crippen MR) is 165 cm³/mol. The first-order valence-corrected chi connectivity index (χ1v) is 18.5. The Balaban J connectivity index is 0.000000231. The zero-order valence-electron chi connectivity index (χ0n) is 24.1. The van der Waals surface area contributed by atoms with Crippen molar-refractivity contribution in [3.63, 3.8) is 0 Å². The minimum atomic E-state index is -1.86. The van der Waals surface area contributed by atoms with Crippen molar-refractivity contribution < 1.29 is 23.0 Å². The zero-order chi connectivity index (χ0) is 28.9. The van der Waals surface area contributed by atoms with Gasteiger partial charge in [0, 0.05) is 24.5 Å². The number of carbonyl (C=O) groups excluding carboxylic acids is 1. The number of hydrogen-bond donors (Lipinski definition) is 0. The second-order valence-corrected chi connectivity index (χ2v) is 16.0. The second-order valence-electron chi connectivity index (χ2n) is 10.3. The van der Waals surface area contributed by atoms with E-state index in [2.05, 4.69) is 87.0 Å². The number of rotatable bonds is 6. The van der Waals surface area contributed by atoms with Gasteiger partial charge < -0.3 is 9.80 Å². The van der Waals surface area contributed by atoms with Crippen LogP contribution in [0.4, 0.5) is 11.4 Å². The van der Waals surface area contributed by atoms with E-state index >= 15 is 0 Å². The van der Waals surface area contributed by atoms with E-state index in [0.717, 1.165) is 24.4 Å². The van der Waals surface area contributed by atoms with E-state index in [1.54, 1.807) is 6.92 Å².